The minimum absolute atomic E-state index is 0.204. The minimum Gasteiger partial charge on any atom is -0.387 e. The van der Waals surface area contributed by atoms with E-state index in [-0.39, 0.29) is 12.6 Å². The average Bonchev–Trinajstić information content (AvgIpc) is 2.97. The van der Waals surface area contributed by atoms with Crippen molar-refractivity contribution >= 4 is 6.03 Å². The maximum Gasteiger partial charge on any atom is 0.314 e. The standard InChI is InChI=1S/C19H31N3O2/c1-14(2)12-22-9-8-16(13-22)10-20-19(24)21-11-18(23)17-7-5-4-6-15(17)3/h4-7,14,16,18,23H,8-13H2,1-3H3,(H2,20,21,24). The van der Waals surface area contributed by atoms with Gasteiger partial charge in [-0.1, -0.05) is 38.1 Å². The van der Waals surface area contributed by atoms with Crippen molar-refractivity contribution in [1.29, 1.82) is 0 Å². The number of benzene rings is 1. The molecule has 2 unspecified atom stereocenters. The van der Waals surface area contributed by atoms with E-state index in [1.165, 1.54) is 0 Å². The highest BCUT2D eigenvalue weighted by Gasteiger charge is 2.23. The van der Waals surface area contributed by atoms with Crippen molar-refractivity contribution in [2.24, 2.45) is 11.8 Å². The lowest BCUT2D eigenvalue weighted by Crippen LogP contribution is -2.40. The zero-order valence-electron chi connectivity index (χ0n) is 15.1. The third kappa shape index (κ3) is 5.80. The number of rotatable bonds is 7. The first-order chi connectivity index (χ1) is 11.5. The van der Waals surface area contributed by atoms with E-state index in [1.807, 2.05) is 31.2 Å². The van der Waals surface area contributed by atoms with Crippen molar-refractivity contribution in [2.75, 3.05) is 32.7 Å². The molecule has 0 bridgehead atoms. The highest BCUT2D eigenvalue weighted by molar-refractivity contribution is 5.73. The van der Waals surface area contributed by atoms with E-state index in [0.717, 1.165) is 37.2 Å². The van der Waals surface area contributed by atoms with Gasteiger partial charge in [0.25, 0.3) is 0 Å². The molecule has 0 aliphatic carbocycles. The highest BCUT2D eigenvalue weighted by atomic mass is 16.3. The van der Waals surface area contributed by atoms with Gasteiger partial charge in [-0.3, -0.25) is 0 Å². The Morgan fingerprint density at radius 1 is 1.33 bits per heavy atom. The molecule has 1 saturated heterocycles. The number of aryl methyl sites for hydroxylation is 1. The lowest BCUT2D eigenvalue weighted by molar-refractivity contribution is 0.172. The summed E-state index contributed by atoms with van der Waals surface area (Å²) in [5, 5.41) is 15.9. The molecule has 24 heavy (non-hydrogen) atoms. The Morgan fingerprint density at radius 2 is 2.08 bits per heavy atom. The van der Waals surface area contributed by atoms with Gasteiger partial charge in [0.15, 0.2) is 0 Å². The molecule has 0 radical (unpaired) electrons. The van der Waals surface area contributed by atoms with Gasteiger partial charge in [0.05, 0.1) is 6.10 Å². The fourth-order valence-electron chi connectivity index (χ4n) is 3.32. The predicted molar refractivity (Wildman–Crippen MR) is 96.9 cm³/mol. The Bertz CT molecular complexity index is 533. The Morgan fingerprint density at radius 3 is 2.79 bits per heavy atom. The second-order valence-corrected chi connectivity index (χ2v) is 7.27. The zero-order valence-corrected chi connectivity index (χ0v) is 15.1. The molecule has 2 amide bonds. The molecule has 3 N–H and O–H groups in total. The van der Waals surface area contributed by atoms with E-state index < -0.39 is 6.10 Å². The summed E-state index contributed by atoms with van der Waals surface area (Å²) in [6, 6.07) is 7.48. The van der Waals surface area contributed by atoms with Crippen molar-refractivity contribution in [3.05, 3.63) is 35.4 Å². The Hall–Kier alpha value is -1.59. The third-order valence-electron chi connectivity index (χ3n) is 4.55. The van der Waals surface area contributed by atoms with E-state index in [0.29, 0.717) is 18.4 Å². The van der Waals surface area contributed by atoms with Gasteiger partial charge in [0, 0.05) is 26.2 Å². The van der Waals surface area contributed by atoms with Crippen LogP contribution in [0.3, 0.4) is 0 Å². The second kappa shape index (κ2) is 9.04. The average molecular weight is 333 g/mol. The first-order valence-electron chi connectivity index (χ1n) is 8.93. The molecule has 0 aromatic heterocycles. The molecular formula is C19H31N3O2. The van der Waals surface area contributed by atoms with Crippen LogP contribution in [0.2, 0.25) is 0 Å². The molecule has 1 aromatic carbocycles. The molecule has 2 atom stereocenters. The highest BCUT2D eigenvalue weighted by Crippen LogP contribution is 2.17. The van der Waals surface area contributed by atoms with Crippen molar-refractivity contribution in [1.82, 2.24) is 15.5 Å². The quantitative estimate of drug-likeness (QED) is 0.717. The van der Waals surface area contributed by atoms with E-state index in [4.69, 9.17) is 0 Å². The molecular weight excluding hydrogens is 302 g/mol. The summed E-state index contributed by atoms with van der Waals surface area (Å²) in [4.78, 5) is 14.4. The van der Waals surface area contributed by atoms with Gasteiger partial charge in [0.2, 0.25) is 0 Å². The van der Waals surface area contributed by atoms with E-state index in [1.54, 1.807) is 0 Å². The topological polar surface area (TPSA) is 64.6 Å². The zero-order chi connectivity index (χ0) is 17.5. The fourth-order valence-corrected chi connectivity index (χ4v) is 3.32. The molecule has 1 aromatic rings. The van der Waals surface area contributed by atoms with Crippen molar-refractivity contribution in [3.8, 4) is 0 Å². The molecule has 2 rings (SSSR count). The molecule has 5 heteroatoms. The summed E-state index contributed by atoms with van der Waals surface area (Å²) >= 11 is 0. The van der Waals surface area contributed by atoms with Crippen LogP contribution in [0.15, 0.2) is 24.3 Å². The van der Waals surface area contributed by atoms with Gasteiger partial charge in [-0.05, 0) is 42.9 Å². The number of carbonyl (C=O) groups is 1. The molecule has 1 heterocycles. The van der Waals surface area contributed by atoms with Gasteiger partial charge >= 0.3 is 6.03 Å². The van der Waals surface area contributed by atoms with Crippen LogP contribution in [-0.2, 0) is 0 Å². The van der Waals surface area contributed by atoms with Gasteiger partial charge in [-0.2, -0.15) is 0 Å². The van der Waals surface area contributed by atoms with Crippen molar-refractivity contribution in [2.45, 2.75) is 33.3 Å². The lowest BCUT2D eigenvalue weighted by Gasteiger charge is -2.18. The number of carbonyl (C=O) groups excluding carboxylic acids is 1. The summed E-state index contributed by atoms with van der Waals surface area (Å²) in [6.45, 7) is 10.7. The van der Waals surface area contributed by atoms with Gasteiger partial charge < -0.3 is 20.6 Å². The van der Waals surface area contributed by atoms with E-state index >= 15 is 0 Å². The molecule has 0 saturated carbocycles. The fraction of sp³-hybridized carbons (Fsp3) is 0.632. The number of amides is 2. The van der Waals surface area contributed by atoms with Crippen LogP contribution < -0.4 is 10.6 Å². The van der Waals surface area contributed by atoms with Crippen LogP contribution in [0.4, 0.5) is 4.79 Å². The second-order valence-electron chi connectivity index (χ2n) is 7.27. The number of aliphatic hydroxyl groups is 1. The number of hydrogen-bond acceptors (Lipinski definition) is 3. The number of nitrogens with zero attached hydrogens (tertiary/aromatic N) is 1. The van der Waals surface area contributed by atoms with E-state index in [2.05, 4.69) is 29.4 Å². The molecule has 1 fully saturated rings. The monoisotopic (exact) mass is 333 g/mol. The third-order valence-corrected chi connectivity index (χ3v) is 4.55. The first kappa shape index (κ1) is 18.7. The lowest BCUT2D eigenvalue weighted by atomic mass is 10.0. The Balaban J connectivity index is 1.66. The van der Waals surface area contributed by atoms with Crippen LogP contribution in [0, 0.1) is 18.8 Å². The van der Waals surface area contributed by atoms with Gasteiger partial charge in [0.1, 0.15) is 0 Å². The normalized spacial score (nSPS) is 19.5. The maximum absolute atomic E-state index is 11.9. The minimum atomic E-state index is -0.676. The van der Waals surface area contributed by atoms with Gasteiger partial charge in [-0.25, -0.2) is 4.79 Å². The van der Waals surface area contributed by atoms with Crippen LogP contribution in [0.5, 0.6) is 0 Å². The first-order valence-corrected chi connectivity index (χ1v) is 8.93. The molecule has 134 valence electrons. The van der Waals surface area contributed by atoms with Gasteiger partial charge in [-0.15, -0.1) is 0 Å². The number of hydrogen-bond donors (Lipinski definition) is 3. The largest absolute Gasteiger partial charge is 0.387 e. The number of urea groups is 1. The summed E-state index contributed by atoms with van der Waals surface area (Å²) in [5.74, 6) is 1.21. The van der Waals surface area contributed by atoms with Crippen LogP contribution >= 0.6 is 0 Å². The summed E-state index contributed by atoms with van der Waals surface area (Å²) in [5.41, 5.74) is 1.89. The van der Waals surface area contributed by atoms with Crippen LogP contribution in [0.25, 0.3) is 0 Å². The maximum atomic E-state index is 11.9. The van der Waals surface area contributed by atoms with Crippen LogP contribution in [-0.4, -0.2) is 48.8 Å². The number of likely N-dealkylation sites (tertiary alicyclic amines) is 1. The smallest absolute Gasteiger partial charge is 0.314 e. The SMILES string of the molecule is Cc1ccccc1C(O)CNC(=O)NCC1CCN(CC(C)C)C1. The predicted octanol–water partition coefficient (Wildman–Crippen LogP) is 2.31. The van der Waals surface area contributed by atoms with Crippen molar-refractivity contribution < 1.29 is 9.90 Å². The number of aliphatic hydroxyl groups excluding tert-OH is 1. The summed E-state index contributed by atoms with van der Waals surface area (Å²) < 4.78 is 0. The van der Waals surface area contributed by atoms with E-state index in [9.17, 15) is 9.90 Å². The summed E-state index contributed by atoms with van der Waals surface area (Å²) in [7, 11) is 0. The molecule has 1 aliphatic heterocycles. The Kier molecular flexibility index (Phi) is 7.06. The van der Waals surface area contributed by atoms with Crippen LogP contribution in [0.1, 0.15) is 37.5 Å². The Labute approximate surface area is 145 Å². The molecule has 5 nitrogen and oxygen atoms in total. The summed E-state index contributed by atoms with van der Waals surface area (Å²) in [6.07, 6.45) is 0.462. The molecule has 0 spiro atoms. The molecule has 1 aliphatic rings. The number of nitrogens with one attached hydrogen (secondary N) is 2. The van der Waals surface area contributed by atoms with Crippen molar-refractivity contribution in [3.63, 3.8) is 0 Å².